The Morgan fingerprint density at radius 2 is 1.94 bits per heavy atom. The molecule has 16 heavy (non-hydrogen) atoms. The number of thioether (sulfide) groups is 1. The lowest BCUT2D eigenvalue weighted by atomic mass is 10.0. The minimum absolute atomic E-state index is 0.144. The van der Waals surface area contributed by atoms with Gasteiger partial charge in [-0.3, -0.25) is 0 Å². The molecular weight excluding hydrogens is 222 g/mol. The molecule has 0 amide bonds. The van der Waals surface area contributed by atoms with Gasteiger partial charge in [0.25, 0.3) is 0 Å². The molecule has 0 aromatic heterocycles. The predicted octanol–water partition coefficient (Wildman–Crippen LogP) is 0.643. The van der Waals surface area contributed by atoms with Crippen molar-refractivity contribution in [3.8, 4) is 0 Å². The first kappa shape index (κ1) is 13.5. The maximum atomic E-state index is 9.78. The van der Waals surface area contributed by atoms with E-state index >= 15 is 0 Å². The normalized spacial score (nSPS) is 14.7. The van der Waals surface area contributed by atoms with Crippen molar-refractivity contribution in [3.05, 3.63) is 35.9 Å². The average molecular weight is 241 g/mol. The van der Waals surface area contributed by atoms with Gasteiger partial charge < -0.3 is 15.9 Å². The molecule has 0 spiro atoms. The first-order valence-electron chi connectivity index (χ1n) is 5.40. The van der Waals surface area contributed by atoms with Crippen LogP contribution in [-0.2, 0) is 6.42 Å². The van der Waals surface area contributed by atoms with Crippen LogP contribution in [0.15, 0.2) is 30.3 Å². The second kappa shape index (κ2) is 7.68. The number of nitrogens with two attached hydrogens (primary N) is 1. The summed E-state index contributed by atoms with van der Waals surface area (Å²) >= 11 is 1.52. The van der Waals surface area contributed by atoms with Crippen molar-refractivity contribution in [2.75, 3.05) is 18.1 Å². The number of aliphatic hydroxyl groups is 2. The molecular formula is C12H19NO2S. The molecule has 0 radical (unpaired) electrons. The van der Waals surface area contributed by atoms with E-state index in [9.17, 15) is 5.11 Å². The Kier molecular flexibility index (Phi) is 6.49. The number of hydrogen-bond acceptors (Lipinski definition) is 4. The molecule has 0 aliphatic rings. The first-order chi connectivity index (χ1) is 7.74. The monoisotopic (exact) mass is 241 g/mol. The van der Waals surface area contributed by atoms with Crippen molar-refractivity contribution in [2.45, 2.75) is 18.6 Å². The Labute approximate surface area is 101 Å². The van der Waals surface area contributed by atoms with Gasteiger partial charge in [0, 0.05) is 17.5 Å². The molecule has 0 aliphatic carbocycles. The summed E-state index contributed by atoms with van der Waals surface area (Å²) in [5.41, 5.74) is 7.05. The van der Waals surface area contributed by atoms with E-state index in [0.717, 1.165) is 5.56 Å². The lowest BCUT2D eigenvalue weighted by Gasteiger charge is -2.18. The molecule has 1 rings (SSSR count). The van der Waals surface area contributed by atoms with E-state index in [-0.39, 0.29) is 12.6 Å². The zero-order chi connectivity index (χ0) is 11.8. The van der Waals surface area contributed by atoms with Gasteiger partial charge in [0.2, 0.25) is 0 Å². The van der Waals surface area contributed by atoms with Gasteiger partial charge >= 0.3 is 0 Å². The fraction of sp³-hybridized carbons (Fsp3) is 0.500. The van der Waals surface area contributed by atoms with Crippen LogP contribution in [0, 0.1) is 0 Å². The highest BCUT2D eigenvalue weighted by atomic mass is 32.2. The summed E-state index contributed by atoms with van der Waals surface area (Å²) < 4.78 is 0. The van der Waals surface area contributed by atoms with Gasteiger partial charge in [0.1, 0.15) is 0 Å². The Bertz CT molecular complexity index is 282. The second-order valence-electron chi connectivity index (χ2n) is 3.72. The van der Waals surface area contributed by atoms with Crippen LogP contribution in [0.4, 0.5) is 0 Å². The summed E-state index contributed by atoms with van der Waals surface area (Å²) in [4.78, 5) is 0. The first-order valence-corrected chi connectivity index (χ1v) is 6.55. The number of benzene rings is 1. The molecule has 2 atom stereocenters. The molecule has 0 fully saturated rings. The van der Waals surface area contributed by atoms with Crippen molar-refractivity contribution >= 4 is 11.8 Å². The van der Waals surface area contributed by atoms with E-state index in [1.807, 2.05) is 30.3 Å². The minimum Gasteiger partial charge on any atom is -0.396 e. The minimum atomic E-state index is -0.517. The molecule has 2 unspecified atom stereocenters. The van der Waals surface area contributed by atoms with Crippen LogP contribution in [0.5, 0.6) is 0 Å². The Morgan fingerprint density at radius 3 is 2.56 bits per heavy atom. The fourth-order valence-electron chi connectivity index (χ4n) is 1.41. The van der Waals surface area contributed by atoms with Crippen molar-refractivity contribution < 1.29 is 10.2 Å². The maximum Gasteiger partial charge on any atom is 0.0784 e. The fourth-order valence-corrected chi connectivity index (χ4v) is 2.20. The third-order valence-electron chi connectivity index (χ3n) is 2.33. The van der Waals surface area contributed by atoms with Crippen molar-refractivity contribution in [3.63, 3.8) is 0 Å². The number of aliphatic hydroxyl groups excluding tert-OH is 2. The van der Waals surface area contributed by atoms with Crippen LogP contribution in [0.1, 0.15) is 5.56 Å². The van der Waals surface area contributed by atoms with Crippen LogP contribution in [0.25, 0.3) is 0 Å². The second-order valence-corrected chi connectivity index (χ2v) is 4.87. The number of rotatable bonds is 7. The largest absolute Gasteiger partial charge is 0.396 e. The standard InChI is InChI=1S/C12H19NO2S/c13-11(12(15)9-16-7-6-14)8-10-4-2-1-3-5-10/h1-5,11-12,14-15H,6-9,13H2. The molecule has 90 valence electrons. The summed E-state index contributed by atoms with van der Waals surface area (Å²) in [6.07, 6.45) is 0.165. The van der Waals surface area contributed by atoms with E-state index in [2.05, 4.69) is 0 Å². The summed E-state index contributed by atoms with van der Waals surface area (Å²) in [5.74, 6) is 1.23. The van der Waals surface area contributed by atoms with E-state index < -0.39 is 6.10 Å². The quantitative estimate of drug-likeness (QED) is 0.613. The highest BCUT2D eigenvalue weighted by Crippen LogP contribution is 2.09. The van der Waals surface area contributed by atoms with Crippen molar-refractivity contribution in [1.29, 1.82) is 0 Å². The molecule has 3 nitrogen and oxygen atoms in total. The SMILES string of the molecule is NC(Cc1ccccc1)C(O)CSCCO. The highest BCUT2D eigenvalue weighted by molar-refractivity contribution is 7.99. The molecule has 4 N–H and O–H groups in total. The lowest BCUT2D eigenvalue weighted by Crippen LogP contribution is -2.38. The van der Waals surface area contributed by atoms with Crippen LogP contribution < -0.4 is 5.73 Å². The van der Waals surface area contributed by atoms with Gasteiger partial charge in [-0.15, -0.1) is 0 Å². The molecule has 0 heterocycles. The summed E-state index contributed by atoms with van der Waals surface area (Å²) in [5, 5.41) is 18.4. The van der Waals surface area contributed by atoms with E-state index in [0.29, 0.717) is 17.9 Å². The van der Waals surface area contributed by atoms with Gasteiger partial charge in [0.15, 0.2) is 0 Å². The van der Waals surface area contributed by atoms with Crippen LogP contribution >= 0.6 is 11.8 Å². The Hall–Kier alpha value is -0.550. The maximum absolute atomic E-state index is 9.78. The summed E-state index contributed by atoms with van der Waals surface area (Å²) in [6, 6.07) is 9.67. The smallest absolute Gasteiger partial charge is 0.0784 e. The predicted molar refractivity (Wildman–Crippen MR) is 68.5 cm³/mol. The lowest BCUT2D eigenvalue weighted by molar-refractivity contribution is 0.167. The van der Waals surface area contributed by atoms with Gasteiger partial charge in [-0.05, 0) is 12.0 Å². The Balaban J connectivity index is 2.31. The van der Waals surface area contributed by atoms with Crippen LogP contribution in [0.2, 0.25) is 0 Å². The number of hydrogen-bond donors (Lipinski definition) is 3. The Morgan fingerprint density at radius 1 is 1.25 bits per heavy atom. The third-order valence-corrected chi connectivity index (χ3v) is 3.38. The topological polar surface area (TPSA) is 66.5 Å². The van der Waals surface area contributed by atoms with Gasteiger partial charge in [-0.2, -0.15) is 11.8 Å². The molecule has 0 saturated carbocycles. The molecule has 1 aromatic rings. The zero-order valence-electron chi connectivity index (χ0n) is 9.25. The average Bonchev–Trinajstić information content (AvgIpc) is 2.30. The van der Waals surface area contributed by atoms with E-state index in [1.54, 1.807) is 0 Å². The third kappa shape index (κ3) is 4.99. The van der Waals surface area contributed by atoms with Crippen molar-refractivity contribution in [1.82, 2.24) is 0 Å². The van der Waals surface area contributed by atoms with Gasteiger partial charge in [-0.1, -0.05) is 30.3 Å². The van der Waals surface area contributed by atoms with Crippen LogP contribution in [-0.4, -0.2) is 40.5 Å². The van der Waals surface area contributed by atoms with Crippen LogP contribution in [0.3, 0.4) is 0 Å². The summed E-state index contributed by atoms with van der Waals surface area (Å²) in [7, 11) is 0. The van der Waals surface area contributed by atoms with Gasteiger partial charge in [-0.25, -0.2) is 0 Å². The van der Waals surface area contributed by atoms with Crippen molar-refractivity contribution in [2.24, 2.45) is 5.73 Å². The molecule has 0 bridgehead atoms. The molecule has 1 aromatic carbocycles. The molecule has 0 aliphatic heterocycles. The molecule has 4 heteroatoms. The van der Waals surface area contributed by atoms with E-state index in [4.69, 9.17) is 10.8 Å². The molecule has 0 saturated heterocycles. The zero-order valence-corrected chi connectivity index (χ0v) is 10.1. The summed E-state index contributed by atoms with van der Waals surface area (Å²) in [6.45, 7) is 0.144. The van der Waals surface area contributed by atoms with Gasteiger partial charge in [0.05, 0.1) is 12.7 Å². The highest BCUT2D eigenvalue weighted by Gasteiger charge is 2.14. The van der Waals surface area contributed by atoms with E-state index in [1.165, 1.54) is 11.8 Å².